The van der Waals surface area contributed by atoms with Crippen molar-refractivity contribution in [1.29, 1.82) is 0 Å². The van der Waals surface area contributed by atoms with E-state index in [9.17, 15) is 9.59 Å². The number of nitrogens with zero attached hydrogens (tertiary/aromatic N) is 3. The molecule has 2 aliphatic rings. The van der Waals surface area contributed by atoms with Crippen molar-refractivity contribution in [3.8, 4) is 11.4 Å². The normalized spacial score (nSPS) is 25.8. The molecule has 1 saturated heterocycles. The van der Waals surface area contributed by atoms with Crippen LogP contribution in [-0.4, -0.2) is 32.5 Å². The van der Waals surface area contributed by atoms with E-state index in [0.29, 0.717) is 22.8 Å². The highest BCUT2D eigenvalue weighted by Crippen LogP contribution is 2.38. The minimum Gasteiger partial charge on any atom is -0.337 e. The van der Waals surface area contributed by atoms with Crippen molar-refractivity contribution in [3.05, 3.63) is 35.2 Å². The molecule has 1 aromatic heterocycles. The van der Waals surface area contributed by atoms with Crippen molar-refractivity contribution in [3.63, 3.8) is 0 Å². The van der Waals surface area contributed by atoms with Crippen LogP contribution in [0.2, 0.25) is 5.02 Å². The highest BCUT2D eigenvalue weighted by atomic mass is 35.5. The summed E-state index contributed by atoms with van der Waals surface area (Å²) in [5.74, 6) is 0.439. The first-order valence-electron chi connectivity index (χ1n) is 8.73. The molecule has 7 nitrogen and oxygen atoms in total. The zero-order valence-corrected chi connectivity index (χ0v) is 15.1. The number of amides is 3. The standard InChI is InChI=1S/C18H19ClN4O3/c1-11-6-4-5-9-18(11)16(24)23(17(25)21-18)10-14-20-15(22-26-14)12-7-2-3-8-13(12)19/h2-3,7-8,11H,4-6,9-10H2,1H3,(H,21,25)/t11-,18+/m1/s1. The largest absolute Gasteiger partial charge is 0.337 e. The Labute approximate surface area is 155 Å². The molecule has 1 aliphatic carbocycles. The lowest BCUT2D eigenvalue weighted by Crippen LogP contribution is -2.53. The van der Waals surface area contributed by atoms with Gasteiger partial charge in [0.15, 0.2) is 0 Å². The molecule has 1 aromatic carbocycles. The summed E-state index contributed by atoms with van der Waals surface area (Å²) in [6.45, 7) is 1.97. The zero-order chi connectivity index (χ0) is 18.3. The molecule has 2 fully saturated rings. The Bertz CT molecular complexity index is 868. The van der Waals surface area contributed by atoms with Gasteiger partial charge in [-0.2, -0.15) is 4.98 Å². The van der Waals surface area contributed by atoms with Crippen molar-refractivity contribution >= 4 is 23.5 Å². The Morgan fingerprint density at radius 3 is 2.92 bits per heavy atom. The van der Waals surface area contributed by atoms with E-state index >= 15 is 0 Å². The number of aromatic nitrogens is 2. The van der Waals surface area contributed by atoms with Gasteiger partial charge in [0.05, 0.1) is 5.02 Å². The van der Waals surface area contributed by atoms with Gasteiger partial charge in [-0.25, -0.2) is 4.79 Å². The van der Waals surface area contributed by atoms with E-state index in [0.717, 1.165) is 19.3 Å². The molecule has 0 bridgehead atoms. The minimum atomic E-state index is -0.791. The fraction of sp³-hybridized carbons (Fsp3) is 0.444. The summed E-state index contributed by atoms with van der Waals surface area (Å²) in [4.78, 5) is 30.9. The van der Waals surface area contributed by atoms with E-state index < -0.39 is 11.6 Å². The fourth-order valence-corrected chi connectivity index (χ4v) is 4.07. The van der Waals surface area contributed by atoms with Gasteiger partial charge in [-0.3, -0.25) is 9.69 Å². The van der Waals surface area contributed by atoms with E-state index in [1.165, 1.54) is 4.90 Å². The maximum atomic E-state index is 13.0. The van der Waals surface area contributed by atoms with Gasteiger partial charge in [-0.05, 0) is 30.9 Å². The second-order valence-corrected chi connectivity index (χ2v) is 7.34. The van der Waals surface area contributed by atoms with Crippen molar-refractivity contribution in [2.45, 2.75) is 44.7 Å². The van der Waals surface area contributed by atoms with Crippen LogP contribution in [0.25, 0.3) is 11.4 Å². The second-order valence-electron chi connectivity index (χ2n) is 6.93. The van der Waals surface area contributed by atoms with Crippen molar-refractivity contribution in [2.75, 3.05) is 0 Å². The molecular weight excluding hydrogens is 356 g/mol. The number of carbonyl (C=O) groups excluding carboxylic acids is 2. The molecule has 1 N–H and O–H groups in total. The van der Waals surface area contributed by atoms with Crippen LogP contribution in [0.3, 0.4) is 0 Å². The van der Waals surface area contributed by atoms with Gasteiger partial charge >= 0.3 is 6.03 Å². The maximum Gasteiger partial charge on any atom is 0.325 e. The molecule has 2 aromatic rings. The Hall–Kier alpha value is -2.41. The molecule has 1 aliphatic heterocycles. The summed E-state index contributed by atoms with van der Waals surface area (Å²) in [6, 6.07) is 6.75. The quantitative estimate of drug-likeness (QED) is 0.832. The van der Waals surface area contributed by atoms with Crippen molar-refractivity contribution < 1.29 is 14.1 Å². The molecule has 1 saturated carbocycles. The molecule has 3 amide bonds. The number of carbonyl (C=O) groups is 2. The highest BCUT2D eigenvalue weighted by molar-refractivity contribution is 6.33. The predicted octanol–water partition coefficient (Wildman–Crippen LogP) is 3.39. The molecule has 1 spiro atoms. The number of benzene rings is 1. The second kappa shape index (κ2) is 6.39. The van der Waals surface area contributed by atoms with E-state index in [2.05, 4.69) is 15.5 Å². The van der Waals surface area contributed by atoms with Crippen LogP contribution in [0.1, 0.15) is 38.5 Å². The topological polar surface area (TPSA) is 88.3 Å². The summed E-state index contributed by atoms with van der Waals surface area (Å²) >= 11 is 6.15. The number of hydrogen-bond donors (Lipinski definition) is 1. The molecule has 2 heterocycles. The molecule has 8 heteroatoms. The van der Waals surface area contributed by atoms with Crippen LogP contribution in [0.5, 0.6) is 0 Å². The van der Waals surface area contributed by atoms with Gasteiger partial charge in [-0.1, -0.05) is 48.7 Å². The molecule has 0 unspecified atom stereocenters. The smallest absolute Gasteiger partial charge is 0.325 e. The summed E-state index contributed by atoms with van der Waals surface area (Å²) < 4.78 is 5.24. The van der Waals surface area contributed by atoms with Crippen molar-refractivity contribution in [1.82, 2.24) is 20.4 Å². The van der Waals surface area contributed by atoms with Gasteiger partial charge in [0.25, 0.3) is 5.91 Å². The van der Waals surface area contributed by atoms with Gasteiger partial charge in [0, 0.05) is 5.56 Å². The number of halogens is 1. The Morgan fingerprint density at radius 1 is 1.35 bits per heavy atom. The molecular formula is C18H19ClN4O3. The number of imide groups is 1. The average Bonchev–Trinajstić information content (AvgIpc) is 3.18. The van der Waals surface area contributed by atoms with E-state index in [-0.39, 0.29) is 24.3 Å². The predicted molar refractivity (Wildman–Crippen MR) is 94.2 cm³/mol. The minimum absolute atomic E-state index is 0.0451. The van der Waals surface area contributed by atoms with Gasteiger partial charge < -0.3 is 9.84 Å². The van der Waals surface area contributed by atoms with Crippen LogP contribution in [0.4, 0.5) is 4.79 Å². The van der Waals surface area contributed by atoms with E-state index in [1.54, 1.807) is 12.1 Å². The summed E-state index contributed by atoms with van der Waals surface area (Å²) in [6.07, 6.45) is 3.61. The highest BCUT2D eigenvalue weighted by Gasteiger charge is 2.55. The number of rotatable bonds is 3. The number of hydrogen-bond acceptors (Lipinski definition) is 5. The van der Waals surface area contributed by atoms with Crippen LogP contribution < -0.4 is 5.32 Å². The lowest BCUT2D eigenvalue weighted by atomic mass is 9.73. The van der Waals surface area contributed by atoms with E-state index in [1.807, 2.05) is 19.1 Å². The lowest BCUT2D eigenvalue weighted by molar-refractivity contribution is -0.134. The monoisotopic (exact) mass is 374 g/mol. The average molecular weight is 375 g/mol. The summed E-state index contributed by atoms with van der Waals surface area (Å²) in [7, 11) is 0. The Kier molecular flexibility index (Phi) is 4.19. The molecule has 4 rings (SSSR count). The number of urea groups is 1. The maximum absolute atomic E-state index is 13.0. The van der Waals surface area contributed by atoms with Crippen LogP contribution in [0.15, 0.2) is 28.8 Å². The molecule has 0 radical (unpaired) electrons. The van der Waals surface area contributed by atoms with Gasteiger partial charge in [-0.15, -0.1) is 0 Å². The number of nitrogens with one attached hydrogen (secondary N) is 1. The first-order valence-corrected chi connectivity index (χ1v) is 9.10. The zero-order valence-electron chi connectivity index (χ0n) is 14.4. The SMILES string of the molecule is C[C@@H]1CCCC[C@]12NC(=O)N(Cc1nc(-c3ccccc3Cl)no1)C2=O. The summed E-state index contributed by atoms with van der Waals surface area (Å²) in [5.41, 5.74) is -0.153. The Balaban J connectivity index is 1.56. The third-order valence-corrected chi connectivity index (χ3v) is 5.71. The molecule has 136 valence electrons. The van der Waals surface area contributed by atoms with Crippen LogP contribution in [-0.2, 0) is 11.3 Å². The van der Waals surface area contributed by atoms with Crippen molar-refractivity contribution in [2.24, 2.45) is 5.92 Å². The first kappa shape index (κ1) is 17.0. The summed E-state index contributed by atoms with van der Waals surface area (Å²) in [5, 5.41) is 7.34. The van der Waals surface area contributed by atoms with Gasteiger partial charge in [0.2, 0.25) is 11.7 Å². The van der Waals surface area contributed by atoms with Gasteiger partial charge in [0.1, 0.15) is 12.1 Å². The molecule has 26 heavy (non-hydrogen) atoms. The Morgan fingerprint density at radius 2 is 2.15 bits per heavy atom. The third kappa shape index (κ3) is 2.67. The third-order valence-electron chi connectivity index (χ3n) is 5.38. The van der Waals surface area contributed by atoms with E-state index in [4.69, 9.17) is 16.1 Å². The van der Waals surface area contributed by atoms with Crippen LogP contribution in [0, 0.1) is 5.92 Å². The lowest BCUT2D eigenvalue weighted by Gasteiger charge is -2.36. The first-order chi connectivity index (χ1) is 12.5. The fourth-order valence-electron chi connectivity index (χ4n) is 3.85. The molecule has 2 atom stereocenters. The van der Waals surface area contributed by atoms with Crippen LogP contribution >= 0.6 is 11.6 Å².